The topological polar surface area (TPSA) is 68.0 Å². The maximum absolute atomic E-state index is 10.6. The molecule has 0 radical (unpaired) electrons. The molecule has 0 saturated carbocycles. The summed E-state index contributed by atoms with van der Waals surface area (Å²) >= 11 is 5.62. The molecule has 1 N–H and O–H groups in total. The summed E-state index contributed by atoms with van der Waals surface area (Å²) in [4.78, 5) is 10.6. The summed E-state index contributed by atoms with van der Waals surface area (Å²) < 4.78 is 1.17. The number of carboxylic acids is 1. The molecule has 0 bridgehead atoms. The van der Waals surface area contributed by atoms with Crippen molar-refractivity contribution in [1.29, 1.82) is 0 Å². The average Bonchev–Trinajstić information content (AvgIpc) is 2.60. The van der Waals surface area contributed by atoms with Crippen LogP contribution in [0.5, 0.6) is 0 Å². The molecule has 1 heterocycles. The first-order valence-electron chi connectivity index (χ1n) is 3.87. The first-order chi connectivity index (χ1) is 6.70. The quantitative estimate of drug-likeness (QED) is 0.760. The summed E-state index contributed by atoms with van der Waals surface area (Å²) in [7, 11) is 0. The number of carboxylic acid groups (broad SMARTS) is 1. The fourth-order valence-electron chi connectivity index (χ4n) is 1.16. The van der Waals surface area contributed by atoms with E-state index in [2.05, 4.69) is 10.3 Å². The SMILES string of the molecule is O=C(O)C(Cl)n1nnc2ccccc21. The van der Waals surface area contributed by atoms with E-state index < -0.39 is 11.5 Å². The molecule has 0 spiro atoms. The summed E-state index contributed by atoms with van der Waals surface area (Å²) in [5.41, 5.74) is 0.0108. The summed E-state index contributed by atoms with van der Waals surface area (Å²) in [6.07, 6.45) is 0. The Labute approximate surface area is 83.9 Å². The van der Waals surface area contributed by atoms with Crippen LogP contribution >= 0.6 is 11.6 Å². The summed E-state index contributed by atoms with van der Waals surface area (Å²) in [6.45, 7) is 0. The number of nitrogens with zero attached hydrogens (tertiary/aromatic N) is 3. The van der Waals surface area contributed by atoms with E-state index in [1.54, 1.807) is 24.3 Å². The zero-order valence-electron chi connectivity index (χ0n) is 6.96. The summed E-state index contributed by atoms with van der Waals surface area (Å²) in [5.74, 6) is -1.15. The normalized spacial score (nSPS) is 12.9. The zero-order valence-corrected chi connectivity index (χ0v) is 7.72. The van der Waals surface area contributed by atoms with Gasteiger partial charge in [-0.1, -0.05) is 28.9 Å². The minimum atomic E-state index is -1.22. The number of hydrogen-bond donors (Lipinski definition) is 1. The van der Waals surface area contributed by atoms with Crippen molar-refractivity contribution in [1.82, 2.24) is 15.0 Å². The van der Waals surface area contributed by atoms with Crippen LogP contribution in [-0.2, 0) is 4.79 Å². The smallest absolute Gasteiger partial charge is 0.344 e. The molecule has 2 rings (SSSR count). The second-order valence-electron chi connectivity index (χ2n) is 2.70. The van der Waals surface area contributed by atoms with E-state index in [0.29, 0.717) is 11.0 Å². The molecule has 6 heteroatoms. The van der Waals surface area contributed by atoms with Crippen molar-refractivity contribution in [2.24, 2.45) is 0 Å². The zero-order chi connectivity index (χ0) is 10.1. The second-order valence-corrected chi connectivity index (χ2v) is 3.11. The van der Waals surface area contributed by atoms with Gasteiger partial charge in [0.25, 0.3) is 0 Å². The molecule has 5 nitrogen and oxygen atoms in total. The third-order valence-electron chi connectivity index (χ3n) is 1.80. The molecule has 1 unspecified atom stereocenters. The molecule has 0 saturated heterocycles. The maximum atomic E-state index is 10.6. The van der Waals surface area contributed by atoms with E-state index in [1.165, 1.54) is 4.68 Å². The van der Waals surface area contributed by atoms with Gasteiger partial charge < -0.3 is 5.11 Å². The van der Waals surface area contributed by atoms with Gasteiger partial charge in [-0.25, -0.2) is 9.48 Å². The molecule has 0 aliphatic heterocycles. The standard InChI is InChI=1S/C8H6ClN3O2/c9-7(8(13)14)12-6-4-2-1-3-5(6)10-11-12/h1-4,7H,(H,13,14). The molecular formula is C8H6ClN3O2. The van der Waals surface area contributed by atoms with Crippen LogP contribution in [0.2, 0.25) is 0 Å². The number of aliphatic carboxylic acids is 1. The van der Waals surface area contributed by atoms with Crippen LogP contribution in [-0.4, -0.2) is 26.1 Å². The van der Waals surface area contributed by atoms with Gasteiger partial charge >= 0.3 is 5.97 Å². The molecule has 1 aromatic carbocycles. The van der Waals surface area contributed by atoms with Crippen LogP contribution in [0.25, 0.3) is 11.0 Å². The van der Waals surface area contributed by atoms with Gasteiger partial charge in [0.05, 0.1) is 5.52 Å². The molecule has 0 aliphatic rings. The van der Waals surface area contributed by atoms with E-state index >= 15 is 0 Å². The van der Waals surface area contributed by atoms with Gasteiger partial charge in [0, 0.05) is 0 Å². The van der Waals surface area contributed by atoms with Crippen LogP contribution in [0.4, 0.5) is 0 Å². The lowest BCUT2D eigenvalue weighted by Crippen LogP contribution is -2.14. The largest absolute Gasteiger partial charge is 0.479 e. The summed E-state index contributed by atoms with van der Waals surface area (Å²) in [6, 6.07) is 7.02. The molecular weight excluding hydrogens is 206 g/mol. The van der Waals surface area contributed by atoms with Crippen molar-refractivity contribution in [3.63, 3.8) is 0 Å². The minimum Gasteiger partial charge on any atom is -0.479 e. The Morgan fingerprint density at radius 3 is 2.93 bits per heavy atom. The van der Waals surface area contributed by atoms with Gasteiger partial charge in [0.15, 0.2) is 0 Å². The predicted molar refractivity (Wildman–Crippen MR) is 50.1 cm³/mol. The molecule has 14 heavy (non-hydrogen) atoms. The Kier molecular flexibility index (Phi) is 2.09. The van der Waals surface area contributed by atoms with Crippen molar-refractivity contribution < 1.29 is 9.90 Å². The Balaban J connectivity index is 2.58. The number of rotatable bonds is 2. The lowest BCUT2D eigenvalue weighted by molar-refractivity contribution is -0.138. The highest BCUT2D eigenvalue weighted by Crippen LogP contribution is 2.18. The van der Waals surface area contributed by atoms with Gasteiger partial charge in [-0.15, -0.1) is 5.10 Å². The van der Waals surface area contributed by atoms with E-state index in [1.807, 2.05) is 0 Å². The highest BCUT2D eigenvalue weighted by molar-refractivity contribution is 6.27. The van der Waals surface area contributed by atoms with E-state index in [9.17, 15) is 4.79 Å². The number of hydrogen-bond acceptors (Lipinski definition) is 3. The third kappa shape index (κ3) is 1.31. The fourth-order valence-corrected chi connectivity index (χ4v) is 1.30. The van der Waals surface area contributed by atoms with E-state index in [0.717, 1.165) is 0 Å². The number of aromatic nitrogens is 3. The van der Waals surface area contributed by atoms with Gasteiger partial charge in [-0.05, 0) is 12.1 Å². The monoisotopic (exact) mass is 211 g/mol. The van der Waals surface area contributed by atoms with Crippen LogP contribution in [0.1, 0.15) is 5.50 Å². The first kappa shape index (κ1) is 8.96. The highest BCUT2D eigenvalue weighted by Gasteiger charge is 2.19. The lowest BCUT2D eigenvalue weighted by atomic mass is 10.3. The molecule has 0 fully saturated rings. The van der Waals surface area contributed by atoms with Crippen LogP contribution in [0.15, 0.2) is 24.3 Å². The van der Waals surface area contributed by atoms with Gasteiger partial charge in [0.2, 0.25) is 5.50 Å². The minimum absolute atomic E-state index is 0.606. The fraction of sp³-hybridized carbons (Fsp3) is 0.125. The van der Waals surface area contributed by atoms with Gasteiger partial charge in [-0.3, -0.25) is 0 Å². The Hall–Kier alpha value is -1.62. The van der Waals surface area contributed by atoms with Crippen LogP contribution in [0.3, 0.4) is 0 Å². The van der Waals surface area contributed by atoms with Crippen LogP contribution < -0.4 is 0 Å². The van der Waals surface area contributed by atoms with Crippen molar-refractivity contribution in [3.8, 4) is 0 Å². The molecule has 1 aromatic heterocycles. The van der Waals surface area contributed by atoms with Crippen LogP contribution in [0, 0.1) is 0 Å². The van der Waals surface area contributed by atoms with E-state index in [-0.39, 0.29) is 0 Å². The molecule has 72 valence electrons. The number of halogens is 1. The highest BCUT2D eigenvalue weighted by atomic mass is 35.5. The van der Waals surface area contributed by atoms with Crippen molar-refractivity contribution in [2.45, 2.75) is 5.50 Å². The van der Waals surface area contributed by atoms with Crippen molar-refractivity contribution >= 4 is 28.6 Å². The first-order valence-corrected chi connectivity index (χ1v) is 4.30. The second kappa shape index (κ2) is 3.26. The Morgan fingerprint density at radius 1 is 1.50 bits per heavy atom. The average molecular weight is 212 g/mol. The Bertz CT molecular complexity index is 482. The van der Waals surface area contributed by atoms with Crippen molar-refractivity contribution in [2.75, 3.05) is 0 Å². The number of alkyl halides is 1. The maximum Gasteiger partial charge on any atom is 0.344 e. The number of fused-ring (bicyclic) bond motifs is 1. The van der Waals surface area contributed by atoms with Crippen molar-refractivity contribution in [3.05, 3.63) is 24.3 Å². The Morgan fingerprint density at radius 2 is 2.21 bits per heavy atom. The molecule has 0 amide bonds. The van der Waals surface area contributed by atoms with E-state index in [4.69, 9.17) is 16.7 Å². The summed E-state index contributed by atoms with van der Waals surface area (Å²) in [5, 5.41) is 16.2. The van der Waals surface area contributed by atoms with Gasteiger partial charge in [0.1, 0.15) is 5.52 Å². The molecule has 0 aliphatic carbocycles. The third-order valence-corrected chi connectivity index (χ3v) is 2.17. The predicted octanol–water partition coefficient (Wildman–Crippen LogP) is 1.25. The molecule has 2 aromatic rings. The lowest BCUT2D eigenvalue weighted by Gasteiger charge is -2.03. The number of para-hydroxylation sites is 1. The molecule has 1 atom stereocenters. The van der Waals surface area contributed by atoms with Gasteiger partial charge in [-0.2, -0.15) is 0 Å². The number of carbonyl (C=O) groups is 1. The number of benzene rings is 1.